The van der Waals surface area contributed by atoms with Crippen LogP contribution in [0.4, 0.5) is 22.0 Å². The second-order valence-electron chi connectivity index (χ2n) is 3.91. The number of urea groups is 1. The van der Waals surface area contributed by atoms with Gasteiger partial charge in [-0.2, -0.15) is 0 Å². The van der Waals surface area contributed by atoms with Gasteiger partial charge in [0, 0.05) is 5.69 Å². The molecule has 2 rings (SSSR count). The number of ether oxygens (including phenoxy) is 1. The summed E-state index contributed by atoms with van der Waals surface area (Å²) in [5, 5.41) is 5.31. The lowest BCUT2D eigenvalue weighted by Crippen LogP contribution is -2.20. The number of hydrogen-bond donors (Lipinski definition) is 3. The van der Waals surface area contributed by atoms with Gasteiger partial charge in [-0.1, -0.05) is 0 Å². The summed E-state index contributed by atoms with van der Waals surface area (Å²) >= 11 is 3.28. The van der Waals surface area contributed by atoms with Crippen LogP contribution in [0.2, 0.25) is 0 Å². The fraction of sp³-hybridized carbons (Fsp3) is 0.0769. The van der Waals surface area contributed by atoms with Crippen molar-refractivity contribution in [2.45, 2.75) is 0 Å². The minimum atomic E-state index is -0.395. The summed E-state index contributed by atoms with van der Waals surface area (Å²) in [7, 11) is 1.58. The summed E-state index contributed by atoms with van der Waals surface area (Å²) in [6.45, 7) is 0. The number of halogens is 1. The number of methoxy groups -OCH3 is 1. The Labute approximate surface area is 124 Å². The number of hydrogen-bond acceptors (Lipinski definition) is 4. The first-order valence-corrected chi connectivity index (χ1v) is 6.51. The summed E-state index contributed by atoms with van der Waals surface area (Å²) in [6, 6.07) is 8.26. The van der Waals surface area contributed by atoms with Crippen LogP contribution < -0.4 is 21.1 Å². The highest BCUT2D eigenvalue weighted by atomic mass is 79.9. The molecule has 1 heterocycles. The quantitative estimate of drug-likeness (QED) is 0.803. The SMILES string of the molecule is COc1ccc(NC(=O)Nc2ncc(N)cc2Br)cc1. The Kier molecular flexibility index (Phi) is 4.41. The molecule has 1 aromatic carbocycles. The van der Waals surface area contributed by atoms with Crippen molar-refractivity contribution in [2.24, 2.45) is 0 Å². The van der Waals surface area contributed by atoms with Gasteiger partial charge in [0.1, 0.15) is 11.6 Å². The zero-order valence-corrected chi connectivity index (χ0v) is 12.3. The van der Waals surface area contributed by atoms with E-state index < -0.39 is 6.03 Å². The van der Waals surface area contributed by atoms with Crippen LogP contribution in [0.5, 0.6) is 5.75 Å². The summed E-state index contributed by atoms with van der Waals surface area (Å²) in [4.78, 5) is 15.9. The van der Waals surface area contributed by atoms with Crippen LogP contribution >= 0.6 is 15.9 Å². The van der Waals surface area contributed by atoms with Crippen LogP contribution in [0.3, 0.4) is 0 Å². The van der Waals surface area contributed by atoms with Gasteiger partial charge < -0.3 is 15.8 Å². The maximum absolute atomic E-state index is 11.8. The van der Waals surface area contributed by atoms with Gasteiger partial charge in [0.15, 0.2) is 0 Å². The molecule has 20 heavy (non-hydrogen) atoms. The normalized spacial score (nSPS) is 9.90. The van der Waals surface area contributed by atoms with Crippen LogP contribution in [-0.4, -0.2) is 18.1 Å². The standard InChI is InChI=1S/C13H13BrN4O2/c1-20-10-4-2-9(3-5-10)17-13(19)18-12-11(14)6-8(15)7-16-12/h2-7H,15H2,1H3,(H2,16,17,18,19). The molecule has 0 aliphatic carbocycles. The third-order valence-corrected chi connectivity index (χ3v) is 3.05. The summed E-state index contributed by atoms with van der Waals surface area (Å²) in [5.41, 5.74) is 6.74. The smallest absolute Gasteiger partial charge is 0.324 e. The minimum absolute atomic E-state index is 0.394. The number of nitrogen functional groups attached to an aromatic ring is 1. The summed E-state index contributed by atoms with van der Waals surface area (Å²) in [5.74, 6) is 1.11. The van der Waals surface area contributed by atoms with Crippen molar-refractivity contribution < 1.29 is 9.53 Å². The van der Waals surface area contributed by atoms with Crippen molar-refractivity contribution in [3.05, 3.63) is 41.0 Å². The van der Waals surface area contributed by atoms with E-state index in [0.29, 0.717) is 21.7 Å². The van der Waals surface area contributed by atoms with Gasteiger partial charge in [0.2, 0.25) is 0 Å². The topological polar surface area (TPSA) is 89.3 Å². The lowest BCUT2D eigenvalue weighted by Gasteiger charge is -2.09. The number of rotatable bonds is 3. The van der Waals surface area contributed by atoms with E-state index in [1.165, 1.54) is 6.20 Å². The van der Waals surface area contributed by atoms with Crippen molar-refractivity contribution in [1.82, 2.24) is 4.98 Å². The second-order valence-corrected chi connectivity index (χ2v) is 4.76. The first-order valence-electron chi connectivity index (χ1n) is 5.71. The van der Waals surface area contributed by atoms with E-state index in [4.69, 9.17) is 10.5 Å². The maximum Gasteiger partial charge on any atom is 0.324 e. The average Bonchev–Trinajstić information content (AvgIpc) is 2.43. The summed E-state index contributed by atoms with van der Waals surface area (Å²) in [6.07, 6.45) is 1.47. The molecule has 0 saturated carbocycles. The number of anilines is 3. The minimum Gasteiger partial charge on any atom is -0.497 e. The molecule has 6 nitrogen and oxygen atoms in total. The molecule has 7 heteroatoms. The molecule has 0 radical (unpaired) electrons. The number of benzene rings is 1. The van der Waals surface area contributed by atoms with E-state index in [1.54, 1.807) is 37.4 Å². The Morgan fingerprint density at radius 1 is 1.30 bits per heavy atom. The van der Waals surface area contributed by atoms with Crippen molar-refractivity contribution >= 4 is 39.2 Å². The lowest BCUT2D eigenvalue weighted by atomic mass is 10.3. The molecule has 104 valence electrons. The predicted molar refractivity (Wildman–Crippen MR) is 82.0 cm³/mol. The van der Waals surface area contributed by atoms with Crippen LogP contribution in [0.15, 0.2) is 41.0 Å². The second kappa shape index (κ2) is 6.25. The van der Waals surface area contributed by atoms with E-state index in [9.17, 15) is 4.79 Å². The maximum atomic E-state index is 11.8. The third kappa shape index (κ3) is 3.61. The van der Waals surface area contributed by atoms with Crippen molar-refractivity contribution in [3.63, 3.8) is 0 Å². The predicted octanol–water partition coefficient (Wildman–Crippen LogP) is 3.08. The molecular formula is C13H13BrN4O2. The van der Waals surface area contributed by atoms with Gasteiger partial charge in [-0.05, 0) is 46.3 Å². The first-order chi connectivity index (χ1) is 9.58. The average molecular weight is 337 g/mol. The number of nitrogens with two attached hydrogens (primary N) is 1. The van der Waals surface area contributed by atoms with Crippen LogP contribution in [-0.2, 0) is 0 Å². The first kappa shape index (κ1) is 14.1. The van der Waals surface area contributed by atoms with Gasteiger partial charge in [-0.15, -0.1) is 0 Å². The highest BCUT2D eigenvalue weighted by Gasteiger charge is 2.07. The highest BCUT2D eigenvalue weighted by Crippen LogP contribution is 2.22. The van der Waals surface area contributed by atoms with Crippen molar-refractivity contribution in [2.75, 3.05) is 23.5 Å². The highest BCUT2D eigenvalue weighted by molar-refractivity contribution is 9.10. The van der Waals surface area contributed by atoms with Crippen molar-refractivity contribution in [3.8, 4) is 5.75 Å². The van der Waals surface area contributed by atoms with Gasteiger partial charge in [-0.3, -0.25) is 5.32 Å². The zero-order chi connectivity index (χ0) is 14.5. The third-order valence-electron chi connectivity index (χ3n) is 2.44. The number of carbonyl (C=O) groups excluding carboxylic acids is 1. The van der Waals surface area contributed by atoms with Gasteiger partial charge in [0.05, 0.1) is 23.5 Å². The Balaban J connectivity index is 2.01. The zero-order valence-electron chi connectivity index (χ0n) is 10.7. The molecule has 0 unspecified atom stereocenters. The molecule has 0 aliphatic rings. The Morgan fingerprint density at radius 3 is 2.60 bits per heavy atom. The fourth-order valence-corrected chi connectivity index (χ4v) is 1.95. The number of carbonyl (C=O) groups is 1. The van der Waals surface area contributed by atoms with Gasteiger partial charge >= 0.3 is 6.03 Å². The Hall–Kier alpha value is -2.28. The van der Waals surface area contributed by atoms with Gasteiger partial charge in [0.25, 0.3) is 0 Å². The molecule has 0 aliphatic heterocycles. The van der Waals surface area contributed by atoms with E-state index in [0.717, 1.165) is 5.75 Å². The monoisotopic (exact) mass is 336 g/mol. The molecule has 0 fully saturated rings. The molecular weight excluding hydrogens is 324 g/mol. The number of aromatic nitrogens is 1. The number of pyridine rings is 1. The molecule has 0 saturated heterocycles. The molecule has 2 amide bonds. The number of nitrogens with zero attached hydrogens (tertiary/aromatic N) is 1. The van der Waals surface area contributed by atoms with E-state index in [-0.39, 0.29) is 0 Å². The largest absolute Gasteiger partial charge is 0.497 e. The molecule has 1 aromatic heterocycles. The summed E-state index contributed by atoms with van der Waals surface area (Å²) < 4.78 is 5.65. The molecule has 2 aromatic rings. The van der Waals surface area contributed by atoms with E-state index in [2.05, 4.69) is 31.5 Å². The van der Waals surface area contributed by atoms with E-state index >= 15 is 0 Å². The van der Waals surface area contributed by atoms with E-state index in [1.807, 2.05) is 0 Å². The molecule has 0 bridgehead atoms. The van der Waals surface area contributed by atoms with Crippen LogP contribution in [0.25, 0.3) is 0 Å². The van der Waals surface area contributed by atoms with Crippen molar-refractivity contribution in [1.29, 1.82) is 0 Å². The number of nitrogens with one attached hydrogen (secondary N) is 2. The lowest BCUT2D eigenvalue weighted by molar-refractivity contribution is 0.262. The molecule has 0 spiro atoms. The fourth-order valence-electron chi connectivity index (χ4n) is 1.49. The molecule has 0 atom stereocenters. The van der Waals surface area contributed by atoms with Gasteiger partial charge in [-0.25, -0.2) is 9.78 Å². The number of amides is 2. The van der Waals surface area contributed by atoms with Crippen LogP contribution in [0, 0.1) is 0 Å². The Bertz CT molecular complexity index is 616. The molecule has 4 N–H and O–H groups in total. The van der Waals surface area contributed by atoms with Crippen LogP contribution in [0.1, 0.15) is 0 Å². The Morgan fingerprint density at radius 2 is 2.00 bits per heavy atom.